The van der Waals surface area contributed by atoms with Crippen molar-refractivity contribution < 1.29 is 40.3 Å². The summed E-state index contributed by atoms with van der Waals surface area (Å²) in [6, 6.07) is 4.19. The Morgan fingerprint density at radius 3 is 2.15 bits per heavy atom. The van der Waals surface area contributed by atoms with Crippen LogP contribution in [0.4, 0.5) is 30.7 Å². The van der Waals surface area contributed by atoms with Crippen LogP contribution in [0.1, 0.15) is 40.4 Å². The van der Waals surface area contributed by atoms with Gasteiger partial charge >= 0.3 is 12.4 Å². The van der Waals surface area contributed by atoms with E-state index in [1.807, 2.05) is 0 Å². The summed E-state index contributed by atoms with van der Waals surface area (Å²) in [6.07, 6.45) is -7.97. The summed E-state index contributed by atoms with van der Waals surface area (Å²) in [4.78, 5) is 27.0. The first-order chi connectivity index (χ1) is 15.7. The molecule has 0 spiro atoms. The number of hydrogen-bond acceptors (Lipinski definition) is 3. The maximum absolute atomic E-state index is 14.3. The van der Waals surface area contributed by atoms with Crippen molar-refractivity contribution in [1.82, 2.24) is 10.3 Å². The van der Waals surface area contributed by atoms with E-state index in [1.54, 1.807) is 5.32 Å². The summed E-state index contributed by atoms with van der Waals surface area (Å²) in [5, 5.41) is 1.55. The summed E-state index contributed by atoms with van der Waals surface area (Å²) in [5.74, 6) is -5.32. The third-order valence-electron chi connectivity index (χ3n) is 4.27. The van der Waals surface area contributed by atoms with Crippen LogP contribution in [0.3, 0.4) is 0 Å². The predicted octanol–water partition coefficient (Wildman–Crippen LogP) is 6.53. The van der Waals surface area contributed by atoms with Crippen LogP contribution in [-0.4, -0.2) is 35.6 Å². The molecule has 1 unspecified atom stereocenters. The summed E-state index contributed by atoms with van der Waals surface area (Å²) in [7, 11) is 0. The monoisotopic (exact) mass is 530 g/mol. The first kappa shape index (κ1) is 27.6. The number of hydrogen-bond donors (Lipinski definition) is 1. The van der Waals surface area contributed by atoms with E-state index in [9.17, 15) is 40.3 Å². The Kier molecular flexibility index (Phi) is 9.07. The molecule has 34 heavy (non-hydrogen) atoms. The molecule has 13 heteroatoms. The van der Waals surface area contributed by atoms with Gasteiger partial charge in [0.2, 0.25) is 5.91 Å². The van der Waals surface area contributed by atoms with E-state index in [2.05, 4.69) is 4.98 Å². The average molecular weight is 531 g/mol. The molecule has 0 aliphatic heterocycles. The number of benzene rings is 1. The second-order valence-corrected chi connectivity index (χ2v) is 7.87. The normalized spacial score (nSPS) is 13.2. The van der Waals surface area contributed by atoms with Crippen molar-refractivity contribution >= 4 is 41.0 Å². The minimum Gasteiger partial charge on any atom is -0.347 e. The number of nitrogens with zero attached hydrogens (tertiary/aromatic N) is 1. The SMILES string of the molecule is O=C(CCC(=O)c1ncc(/C=C/C(c2cc(Cl)cc(Cl)c2)C(F)(F)F)cc1F)NCC(F)(F)F. The average Bonchev–Trinajstić information content (AvgIpc) is 2.68. The number of alkyl halides is 6. The Bertz CT molecular complexity index is 1070. The van der Waals surface area contributed by atoms with Gasteiger partial charge in [-0.05, 0) is 35.4 Å². The molecule has 0 saturated heterocycles. The highest BCUT2D eigenvalue weighted by molar-refractivity contribution is 6.34. The molecule has 1 N–H and O–H groups in total. The third kappa shape index (κ3) is 8.60. The van der Waals surface area contributed by atoms with Gasteiger partial charge in [-0.25, -0.2) is 9.37 Å². The van der Waals surface area contributed by atoms with Gasteiger partial charge < -0.3 is 5.32 Å². The Balaban J connectivity index is 2.12. The molecule has 1 atom stereocenters. The highest BCUT2D eigenvalue weighted by Crippen LogP contribution is 2.38. The zero-order chi connectivity index (χ0) is 25.7. The molecule has 0 aliphatic carbocycles. The van der Waals surface area contributed by atoms with Crippen molar-refractivity contribution in [1.29, 1.82) is 0 Å². The molecule has 0 saturated carbocycles. The van der Waals surface area contributed by atoms with Crippen LogP contribution in [0.5, 0.6) is 0 Å². The van der Waals surface area contributed by atoms with Gasteiger partial charge in [0.15, 0.2) is 11.6 Å². The fourth-order valence-electron chi connectivity index (χ4n) is 2.75. The molecular formula is C21H15Cl2F7N2O2. The maximum Gasteiger partial charge on any atom is 0.405 e. The van der Waals surface area contributed by atoms with Crippen LogP contribution in [0.2, 0.25) is 10.0 Å². The van der Waals surface area contributed by atoms with Gasteiger partial charge in [-0.2, -0.15) is 26.3 Å². The second-order valence-electron chi connectivity index (χ2n) is 7.00. The zero-order valence-electron chi connectivity index (χ0n) is 16.9. The Hall–Kier alpha value is -2.66. The predicted molar refractivity (Wildman–Crippen MR) is 111 cm³/mol. The number of Topliss-reactive ketones (excluding diaryl/α,β-unsaturated/α-hetero) is 1. The number of pyridine rings is 1. The number of amides is 1. The Labute approximate surface area is 198 Å². The van der Waals surface area contributed by atoms with Crippen LogP contribution in [0, 0.1) is 5.82 Å². The summed E-state index contributed by atoms with van der Waals surface area (Å²) in [5.41, 5.74) is -1.04. The number of nitrogens with one attached hydrogen (secondary N) is 1. The number of halogens is 9. The molecule has 0 fully saturated rings. The van der Waals surface area contributed by atoms with Crippen LogP contribution in [0.15, 0.2) is 36.5 Å². The first-order valence-corrected chi connectivity index (χ1v) is 10.1. The quantitative estimate of drug-likeness (QED) is 0.312. The smallest absolute Gasteiger partial charge is 0.347 e. The standard InChI is InChI=1S/C21H15Cl2F7N2O2/c22-13-6-12(7-14(23)8-13)15(21(28,29)30)2-1-11-5-16(24)19(31-9-11)17(33)3-4-18(34)32-10-20(25,26)27/h1-2,5-9,15H,3-4,10H2,(H,32,34)/b2-1+. The largest absolute Gasteiger partial charge is 0.405 e. The second kappa shape index (κ2) is 11.2. The van der Waals surface area contributed by atoms with E-state index in [0.29, 0.717) is 0 Å². The van der Waals surface area contributed by atoms with Gasteiger partial charge in [-0.15, -0.1) is 0 Å². The first-order valence-electron chi connectivity index (χ1n) is 9.39. The topological polar surface area (TPSA) is 59.1 Å². The highest BCUT2D eigenvalue weighted by atomic mass is 35.5. The lowest BCUT2D eigenvalue weighted by Crippen LogP contribution is -2.33. The van der Waals surface area contributed by atoms with Gasteiger partial charge in [0, 0.05) is 29.1 Å². The molecule has 2 aromatic rings. The fourth-order valence-corrected chi connectivity index (χ4v) is 3.30. The lowest BCUT2D eigenvalue weighted by Gasteiger charge is -2.18. The van der Waals surface area contributed by atoms with E-state index < -0.39 is 60.9 Å². The van der Waals surface area contributed by atoms with E-state index in [4.69, 9.17) is 23.2 Å². The number of allylic oxidation sites excluding steroid dienone is 1. The van der Waals surface area contributed by atoms with Crippen molar-refractivity contribution in [3.63, 3.8) is 0 Å². The van der Waals surface area contributed by atoms with Crippen molar-refractivity contribution in [2.45, 2.75) is 31.1 Å². The van der Waals surface area contributed by atoms with Gasteiger partial charge in [-0.1, -0.05) is 35.4 Å². The van der Waals surface area contributed by atoms with Gasteiger partial charge in [0.05, 0.1) is 5.92 Å². The third-order valence-corrected chi connectivity index (χ3v) is 4.71. The Morgan fingerprint density at radius 2 is 1.62 bits per heavy atom. The van der Waals surface area contributed by atoms with Crippen molar-refractivity contribution in [2.75, 3.05) is 6.54 Å². The van der Waals surface area contributed by atoms with Crippen LogP contribution in [0.25, 0.3) is 6.08 Å². The van der Waals surface area contributed by atoms with E-state index >= 15 is 0 Å². The van der Waals surface area contributed by atoms with Crippen LogP contribution in [-0.2, 0) is 4.79 Å². The van der Waals surface area contributed by atoms with E-state index in [1.165, 1.54) is 6.07 Å². The van der Waals surface area contributed by atoms with E-state index in [-0.39, 0.29) is 21.2 Å². The number of rotatable bonds is 8. The van der Waals surface area contributed by atoms with E-state index in [0.717, 1.165) is 36.5 Å². The number of aromatic nitrogens is 1. The lowest BCUT2D eigenvalue weighted by molar-refractivity contribution is -0.139. The van der Waals surface area contributed by atoms with Crippen LogP contribution >= 0.6 is 23.2 Å². The van der Waals surface area contributed by atoms with Gasteiger partial charge in [0.1, 0.15) is 12.2 Å². The molecule has 0 radical (unpaired) electrons. The minimum absolute atomic E-state index is 0.00665. The molecule has 1 aromatic carbocycles. The van der Waals surface area contributed by atoms with Crippen LogP contribution < -0.4 is 5.32 Å². The number of carbonyl (C=O) groups is 2. The fraction of sp³-hybridized carbons (Fsp3) is 0.286. The number of carbonyl (C=O) groups excluding carboxylic acids is 2. The molecule has 0 bridgehead atoms. The molecule has 184 valence electrons. The van der Waals surface area contributed by atoms with Gasteiger partial charge in [-0.3, -0.25) is 9.59 Å². The van der Waals surface area contributed by atoms with Gasteiger partial charge in [0.25, 0.3) is 0 Å². The Morgan fingerprint density at radius 1 is 1.00 bits per heavy atom. The molecule has 1 aromatic heterocycles. The summed E-state index contributed by atoms with van der Waals surface area (Å²) >= 11 is 11.5. The summed E-state index contributed by atoms with van der Waals surface area (Å²) in [6.45, 7) is -1.58. The van der Waals surface area contributed by atoms with Crippen molar-refractivity contribution in [2.24, 2.45) is 0 Å². The molecule has 2 rings (SSSR count). The molecule has 4 nitrogen and oxygen atoms in total. The molecule has 1 amide bonds. The lowest BCUT2D eigenvalue weighted by atomic mass is 9.97. The van der Waals surface area contributed by atoms with Crippen molar-refractivity contribution in [3.8, 4) is 0 Å². The zero-order valence-corrected chi connectivity index (χ0v) is 18.4. The molecular weight excluding hydrogens is 516 g/mol. The minimum atomic E-state index is -4.72. The number of ketones is 1. The van der Waals surface area contributed by atoms with Crippen molar-refractivity contribution in [3.05, 3.63) is 69.2 Å². The summed E-state index contributed by atoms with van der Waals surface area (Å²) < 4.78 is 91.0. The maximum atomic E-state index is 14.3. The molecule has 1 heterocycles. The molecule has 0 aliphatic rings. The highest BCUT2D eigenvalue weighted by Gasteiger charge is 2.39.